The fraction of sp³-hybridized carbons (Fsp3) is 0.167. The van der Waals surface area contributed by atoms with Crippen LogP contribution in [0.1, 0.15) is 36.8 Å². The fourth-order valence-electron chi connectivity index (χ4n) is 8.47. The highest BCUT2D eigenvalue weighted by Crippen LogP contribution is 2.45. The first kappa shape index (κ1) is 30.5. The zero-order valence-electron chi connectivity index (χ0n) is 28.4. The zero-order valence-corrected chi connectivity index (χ0v) is 28.4. The standard InChI is InChI=1S/C48H42N2/c1-3-11-35(12-4-1)37-19-27-41(28-20-37)49(42-29-21-38(22-30-42)36-13-5-2-6-14-36)43-31-23-39(24-32-43)40-25-33-44(34-26-40)50-47-17-9-7-15-45(47)46-16-8-10-18-48(46)50/h1-7,9-15,17-29,31-33,42,44-45,47H,8,16,30,34H2. The third-order valence-corrected chi connectivity index (χ3v) is 11.0. The van der Waals surface area contributed by atoms with Crippen molar-refractivity contribution in [1.29, 1.82) is 0 Å². The van der Waals surface area contributed by atoms with E-state index in [9.17, 15) is 0 Å². The van der Waals surface area contributed by atoms with Crippen LogP contribution in [-0.2, 0) is 0 Å². The van der Waals surface area contributed by atoms with E-state index in [1.54, 1.807) is 5.57 Å². The molecule has 0 radical (unpaired) electrons. The minimum Gasteiger partial charge on any atom is -0.357 e. The van der Waals surface area contributed by atoms with Crippen molar-refractivity contribution >= 4 is 22.5 Å². The fourth-order valence-corrected chi connectivity index (χ4v) is 8.47. The molecule has 244 valence electrons. The van der Waals surface area contributed by atoms with E-state index in [-0.39, 0.29) is 6.04 Å². The van der Waals surface area contributed by atoms with Crippen LogP contribution < -0.4 is 4.90 Å². The van der Waals surface area contributed by atoms with Gasteiger partial charge in [0.15, 0.2) is 0 Å². The van der Waals surface area contributed by atoms with Crippen molar-refractivity contribution in [3.05, 3.63) is 205 Å². The number of hydrogen-bond donors (Lipinski definition) is 0. The largest absolute Gasteiger partial charge is 0.357 e. The molecule has 0 amide bonds. The molecule has 0 spiro atoms. The lowest BCUT2D eigenvalue weighted by atomic mass is 9.87. The Kier molecular flexibility index (Phi) is 8.14. The van der Waals surface area contributed by atoms with E-state index in [0.717, 1.165) is 19.3 Å². The van der Waals surface area contributed by atoms with Gasteiger partial charge >= 0.3 is 0 Å². The van der Waals surface area contributed by atoms with Crippen LogP contribution >= 0.6 is 0 Å². The number of benzene rings is 4. The van der Waals surface area contributed by atoms with Crippen molar-refractivity contribution in [2.75, 3.05) is 4.90 Å². The lowest BCUT2D eigenvalue weighted by Gasteiger charge is -2.37. The van der Waals surface area contributed by atoms with Crippen LogP contribution in [0, 0.1) is 5.92 Å². The molecule has 0 bridgehead atoms. The first-order valence-corrected chi connectivity index (χ1v) is 18.2. The molecule has 0 fully saturated rings. The smallest absolute Gasteiger partial charge is 0.0583 e. The van der Waals surface area contributed by atoms with Gasteiger partial charge in [-0.2, -0.15) is 0 Å². The minimum absolute atomic E-state index is 0.214. The van der Waals surface area contributed by atoms with Crippen LogP contribution in [0.25, 0.3) is 22.3 Å². The molecule has 0 aromatic heterocycles. The van der Waals surface area contributed by atoms with Crippen LogP contribution in [-0.4, -0.2) is 23.0 Å². The summed E-state index contributed by atoms with van der Waals surface area (Å²) in [6.45, 7) is 0. The predicted octanol–water partition coefficient (Wildman–Crippen LogP) is 11.6. The predicted molar refractivity (Wildman–Crippen MR) is 211 cm³/mol. The lowest BCUT2D eigenvalue weighted by molar-refractivity contribution is 0.257. The SMILES string of the molecule is C1=CC2C3=C(C=CCC3)N(C3C=CC(c4ccc(N(c5ccc(-c6ccccc6)cc5)C5C=CC(c6ccccc6)=CC5)cc4)=CC3)C2C=C1. The third kappa shape index (κ3) is 5.75. The molecule has 1 heterocycles. The third-order valence-electron chi connectivity index (χ3n) is 11.0. The molecule has 4 aromatic carbocycles. The topological polar surface area (TPSA) is 6.48 Å². The number of allylic oxidation sites excluding steroid dienone is 8. The van der Waals surface area contributed by atoms with Crippen molar-refractivity contribution in [3.8, 4) is 11.1 Å². The Morgan fingerprint density at radius 2 is 1.14 bits per heavy atom. The van der Waals surface area contributed by atoms with Crippen LogP contribution in [0.3, 0.4) is 0 Å². The van der Waals surface area contributed by atoms with E-state index >= 15 is 0 Å². The van der Waals surface area contributed by atoms with Gasteiger partial charge in [0.05, 0.1) is 18.1 Å². The second kappa shape index (κ2) is 13.4. The maximum absolute atomic E-state index is 2.68. The molecule has 4 unspecified atom stereocenters. The molecule has 2 heteroatoms. The number of nitrogens with zero attached hydrogens (tertiary/aromatic N) is 2. The van der Waals surface area contributed by atoms with E-state index in [4.69, 9.17) is 0 Å². The Morgan fingerprint density at radius 3 is 1.80 bits per heavy atom. The van der Waals surface area contributed by atoms with Gasteiger partial charge in [-0.15, -0.1) is 0 Å². The van der Waals surface area contributed by atoms with Gasteiger partial charge in [0.1, 0.15) is 0 Å². The van der Waals surface area contributed by atoms with Crippen molar-refractivity contribution in [2.45, 2.75) is 43.8 Å². The highest BCUT2D eigenvalue weighted by molar-refractivity contribution is 5.79. The summed E-state index contributed by atoms with van der Waals surface area (Å²) in [7, 11) is 0. The van der Waals surface area contributed by atoms with Crippen molar-refractivity contribution < 1.29 is 0 Å². The Balaban J connectivity index is 0.968. The van der Waals surface area contributed by atoms with Crippen LogP contribution in [0.5, 0.6) is 0 Å². The normalized spacial score (nSPS) is 23.4. The Bertz CT molecular complexity index is 2100. The van der Waals surface area contributed by atoms with E-state index in [0.29, 0.717) is 18.0 Å². The molecule has 4 aromatic rings. The second-order valence-electron chi connectivity index (χ2n) is 13.9. The molecule has 0 saturated carbocycles. The first-order chi connectivity index (χ1) is 24.8. The van der Waals surface area contributed by atoms with Crippen LogP contribution in [0.2, 0.25) is 0 Å². The van der Waals surface area contributed by atoms with Crippen molar-refractivity contribution in [3.63, 3.8) is 0 Å². The minimum atomic E-state index is 0.214. The number of rotatable bonds is 7. The number of fused-ring (bicyclic) bond motifs is 2. The van der Waals surface area contributed by atoms with Crippen LogP contribution in [0.4, 0.5) is 11.4 Å². The van der Waals surface area contributed by atoms with Gasteiger partial charge in [-0.25, -0.2) is 0 Å². The number of anilines is 2. The van der Waals surface area contributed by atoms with Gasteiger partial charge in [0.25, 0.3) is 0 Å². The summed E-state index contributed by atoms with van der Waals surface area (Å²) in [5.41, 5.74) is 13.1. The molecule has 2 nitrogen and oxygen atoms in total. The molecule has 1 aliphatic heterocycles. The molecule has 4 aliphatic carbocycles. The van der Waals surface area contributed by atoms with Gasteiger partial charge in [-0.05, 0) is 95.0 Å². The summed E-state index contributed by atoms with van der Waals surface area (Å²) in [6, 6.07) is 40.6. The van der Waals surface area contributed by atoms with Crippen molar-refractivity contribution in [1.82, 2.24) is 4.90 Å². The maximum atomic E-state index is 2.68. The summed E-state index contributed by atoms with van der Waals surface area (Å²) in [5, 5.41) is 0. The molecule has 5 aliphatic rings. The maximum Gasteiger partial charge on any atom is 0.0583 e. The van der Waals surface area contributed by atoms with Gasteiger partial charge in [0, 0.05) is 23.0 Å². The van der Waals surface area contributed by atoms with E-state index in [1.807, 2.05) is 0 Å². The highest BCUT2D eigenvalue weighted by Gasteiger charge is 2.40. The monoisotopic (exact) mass is 646 g/mol. The second-order valence-corrected chi connectivity index (χ2v) is 13.9. The highest BCUT2D eigenvalue weighted by atomic mass is 15.2. The van der Waals surface area contributed by atoms with Gasteiger partial charge in [-0.3, -0.25) is 0 Å². The van der Waals surface area contributed by atoms with Crippen LogP contribution in [0.15, 0.2) is 193 Å². The summed E-state index contributed by atoms with van der Waals surface area (Å²) in [5.74, 6) is 0.517. The summed E-state index contributed by atoms with van der Waals surface area (Å²) in [4.78, 5) is 5.17. The van der Waals surface area contributed by atoms with Gasteiger partial charge < -0.3 is 9.80 Å². The lowest BCUT2D eigenvalue weighted by Crippen LogP contribution is -2.40. The molecular formula is C48H42N2. The molecule has 9 rings (SSSR count). The molecule has 0 saturated heterocycles. The molecule has 4 atom stereocenters. The van der Waals surface area contributed by atoms with Crippen molar-refractivity contribution in [2.24, 2.45) is 5.92 Å². The average Bonchev–Trinajstić information content (AvgIpc) is 3.54. The summed E-state index contributed by atoms with van der Waals surface area (Å²) in [6.07, 6.45) is 32.6. The molecule has 50 heavy (non-hydrogen) atoms. The average molecular weight is 647 g/mol. The molecule has 0 N–H and O–H groups in total. The van der Waals surface area contributed by atoms with Gasteiger partial charge in [0.2, 0.25) is 0 Å². The van der Waals surface area contributed by atoms with E-state index in [1.165, 1.54) is 56.9 Å². The Morgan fingerprint density at radius 1 is 0.540 bits per heavy atom. The quantitative estimate of drug-likeness (QED) is 0.197. The summed E-state index contributed by atoms with van der Waals surface area (Å²) < 4.78 is 0. The molecular weight excluding hydrogens is 605 g/mol. The number of hydrogen-bond acceptors (Lipinski definition) is 2. The van der Waals surface area contributed by atoms with E-state index in [2.05, 4.69) is 192 Å². The van der Waals surface area contributed by atoms with Gasteiger partial charge in [-0.1, -0.05) is 152 Å². The zero-order chi connectivity index (χ0) is 33.3. The van der Waals surface area contributed by atoms with E-state index < -0.39 is 0 Å². The first-order valence-electron chi connectivity index (χ1n) is 18.2. The Hall–Kier alpha value is -5.60. The summed E-state index contributed by atoms with van der Waals surface area (Å²) >= 11 is 0. The Labute approximate surface area is 296 Å².